The summed E-state index contributed by atoms with van der Waals surface area (Å²) in [5.41, 5.74) is 1.12. The lowest BCUT2D eigenvalue weighted by molar-refractivity contribution is -0.117. The number of phenols is 1. The van der Waals surface area contributed by atoms with Gasteiger partial charge in [0.25, 0.3) is 5.91 Å². The third-order valence-electron chi connectivity index (χ3n) is 5.27. The van der Waals surface area contributed by atoms with Gasteiger partial charge in [-0.2, -0.15) is 0 Å². The van der Waals surface area contributed by atoms with Crippen LogP contribution in [0.2, 0.25) is 0 Å². The maximum absolute atomic E-state index is 13.4. The number of aromatic hydroxyl groups is 1. The predicted molar refractivity (Wildman–Crippen MR) is 113 cm³/mol. The van der Waals surface area contributed by atoms with Gasteiger partial charge in [-0.15, -0.1) is 0 Å². The van der Waals surface area contributed by atoms with E-state index in [9.17, 15) is 19.8 Å². The zero-order chi connectivity index (χ0) is 21.5. The number of carbonyl (C=O) groups is 2. The average Bonchev–Trinajstić information content (AvgIpc) is 3.34. The van der Waals surface area contributed by atoms with Gasteiger partial charge in [0, 0.05) is 17.8 Å². The highest BCUT2D eigenvalue weighted by atomic mass is 16.3. The molecule has 7 heteroatoms. The van der Waals surface area contributed by atoms with Crippen molar-refractivity contribution < 1.29 is 24.2 Å². The number of para-hydroxylation sites is 3. The van der Waals surface area contributed by atoms with Crippen molar-refractivity contribution in [2.45, 2.75) is 6.04 Å². The van der Waals surface area contributed by atoms with Gasteiger partial charge in [0.2, 0.25) is 5.78 Å². The zero-order valence-corrected chi connectivity index (χ0v) is 16.1. The van der Waals surface area contributed by atoms with Gasteiger partial charge in [-0.3, -0.25) is 19.5 Å². The van der Waals surface area contributed by atoms with Crippen LogP contribution in [0.5, 0.6) is 5.75 Å². The number of aliphatic hydroxyl groups is 1. The fourth-order valence-electron chi connectivity index (χ4n) is 3.84. The van der Waals surface area contributed by atoms with Crippen molar-refractivity contribution >= 4 is 28.3 Å². The fraction of sp³-hybridized carbons (Fsp3) is 0.0417. The van der Waals surface area contributed by atoms with E-state index in [0.717, 1.165) is 5.39 Å². The minimum Gasteiger partial charge on any atom is -0.506 e. The van der Waals surface area contributed by atoms with E-state index in [1.807, 2.05) is 6.07 Å². The number of amides is 1. The predicted octanol–water partition coefficient (Wildman–Crippen LogP) is 4.32. The number of ketones is 1. The SMILES string of the molecule is O=C(C1=C(O)C(=O)N(c2ccccc2O)C1c1ccncc1)c1cc2ccccc2o1. The first-order valence-corrected chi connectivity index (χ1v) is 9.54. The van der Waals surface area contributed by atoms with Crippen molar-refractivity contribution in [1.29, 1.82) is 0 Å². The Balaban J connectivity index is 1.68. The lowest BCUT2D eigenvalue weighted by Crippen LogP contribution is -2.31. The molecule has 31 heavy (non-hydrogen) atoms. The average molecular weight is 412 g/mol. The molecule has 0 saturated heterocycles. The number of furan rings is 1. The van der Waals surface area contributed by atoms with Crippen LogP contribution in [-0.4, -0.2) is 26.9 Å². The van der Waals surface area contributed by atoms with Crippen molar-refractivity contribution in [2.24, 2.45) is 0 Å². The molecule has 0 radical (unpaired) electrons. The summed E-state index contributed by atoms with van der Waals surface area (Å²) in [6.07, 6.45) is 3.06. The van der Waals surface area contributed by atoms with Gasteiger partial charge in [0.15, 0.2) is 11.5 Å². The summed E-state index contributed by atoms with van der Waals surface area (Å²) < 4.78 is 5.69. The van der Waals surface area contributed by atoms with Crippen LogP contribution < -0.4 is 4.90 Å². The van der Waals surface area contributed by atoms with E-state index in [1.54, 1.807) is 54.6 Å². The highest BCUT2D eigenvalue weighted by Gasteiger charge is 2.46. The molecule has 1 atom stereocenters. The number of pyridine rings is 1. The molecule has 0 aliphatic carbocycles. The number of benzene rings is 2. The highest BCUT2D eigenvalue weighted by Crippen LogP contribution is 2.44. The van der Waals surface area contributed by atoms with Crippen molar-refractivity contribution in [3.63, 3.8) is 0 Å². The third kappa shape index (κ3) is 2.95. The number of aromatic nitrogens is 1. The quantitative estimate of drug-likeness (QED) is 0.484. The van der Waals surface area contributed by atoms with Gasteiger partial charge >= 0.3 is 0 Å². The first-order valence-electron chi connectivity index (χ1n) is 9.54. The van der Waals surface area contributed by atoms with Crippen molar-refractivity contribution in [2.75, 3.05) is 4.90 Å². The molecule has 5 rings (SSSR count). The molecular weight excluding hydrogens is 396 g/mol. The second kappa shape index (κ2) is 7.14. The lowest BCUT2D eigenvalue weighted by atomic mass is 9.95. The van der Waals surface area contributed by atoms with E-state index in [1.165, 1.54) is 23.4 Å². The number of anilines is 1. The lowest BCUT2D eigenvalue weighted by Gasteiger charge is -2.27. The van der Waals surface area contributed by atoms with E-state index in [-0.39, 0.29) is 22.8 Å². The number of Topliss-reactive ketones (excluding diaryl/α,β-unsaturated/α-hetero) is 1. The molecule has 0 bridgehead atoms. The molecule has 0 spiro atoms. The third-order valence-corrected chi connectivity index (χ3v) is 5.27. The van der Waals surface area contributed by atoms with Crippen LogP contribution in [0.25, 0.3) is 11.0 Å². The van der Waals surface area contributed by atoms with Crippen LogP contribution in [0, 0.1) is 0 Å². The molecule has 2 aromatic carbocycles. The van der Waals surface area contributed by atoms with E-state index in [0.29, 0.717) is 11.1 Å². The Labute approximate surface area is 176 Å². The van der Waals surface area contributed by atoms with Crippen LogP contribution in [-0.2, 0) is 4.79 Å². The molecule has 0 saturated carbocycles. The molecule has 0 fully saturated rings. The monoisotopic (exact) mass is 412 g/mol. The fourth-order valence-corrected chi connectivity index (χ4v) is 3.84. The molecule has 1 unspecified atom stereocenters. The van der Waals surface area contributed by atoms with Crippen molar-refractivity contribution in [1.82, 2.24) is 4.98 Å². The molecule has 4 aromatic rings. The second-order valence-corrected chi connectivity index (χ2v) is 7.09. The number of hydrogen-bond acceptors (Lipinski definition) is 6. The summed E-state index contributed by atoms with van der Waals surface area (Å²) in [4.78, 5) is 31.7. The second-order valence-electron chi connectivity index (χ2n) is 7.09. The van der Waals surface area contributed by atoms with Gasteiger partial charge in [-0.25, -0.2) is 0 Å². The summed E-state index contributed by atoms with van der Waals surface area (Å²) in [7, 11) is 0. The molecule has 2 aromatic heterocycles. The Morgan fingerprint density at radius 1 is 0.968 bits per heavy atom. The minimum absolute atomic E-state index is 0.00809. The first-order chi connectivity index (χ1) is 15.1. The molecule has 152 valence electrons. The van der Waals surface area contributed by atoms with Gasteiger partial charge in [0.05, 0.1) is 17.3 Å². The summed E-state index contributed by atoms with van der Waals surface area (Å²) in [6, 6.07) is 17.3. The van der Waals surface area contributed by atoms with Crippen LogP contribution in [0.15, 0.2) is 94.9 Å². The Kier molecular flexibility index (Phi) is 4.29. The highest BCUT2D eigenvalue weighted by molar-refractivity contribution is 6.21. The van der Waals surface area contributed by atoms with Crippen molar-refractivity contribution in [3.05, 3.63) is 102 Å². The first kappa shape index (κ1) is 18.6. The van der Waals surface area contributed by atoms with E-state index in [2.05, 4.69) is 4.98 Å². The number of rotatable bonds is 4. The number of nitrogens with zero attached hydrogens (tertiary/aromatic N) is 2. The Hall–Kier alpha value is -4.39. The molecule has 1 aliphatic rings. The van der Waals surface area contributed by atoms with E-state index in [4.69, 9.17) is 4.42 Å². The Morgan fingerprint density at radius 3 is 2.42 bits per heavy atom. The number of phenolic OH excluding ortho intramolecular Hbond substituents is 1. The zero-order valence-electron chi connectivity index (χ0n) is 16.1. The van der Waals surface area contributed by atoms with Gasteiger partial charge in [-0.1, -0.05) is 30.3 Å². The van der Waals surface area contributed by atoms with Crippen LogP contribution >= 0.6 is 0 Å². The smallest absolute Gasteiger partial charge is 0.294 e. The summed E-state index contributed by atoms with van der Waals surface area (Å²) in [5, 5.41) is 21.8. The van der Waals surface area contributed by atoms with Gasteiger partial charge in [0.1, 0.15) is 11.3 Å². The maximum Gasteiger partial charge on any atom is 0.294 e. The van der Waals surface area contributed by atoms with Crippen LogP contribution in [0.4, 0.5) is 5.69 Å². The largest absolute Gasteiger partial charge is 0.506 e. The topological polar surface area (TPSA) is 104 Å². The van der Waals surface area contributed by atoms with Crippen molar-refractivity contribution in [3.8, 4) is 5.75 Å². The van der Waals surface area contributed by atoms with Gasteiger partial charge < -0.3 is 14.6 Å². The summed E-state index contributed by atoms with van der Waals surface area (Å²) in [6.45, 7) is 0. The molecular formula is C24H16N2O5. The molecule has 7 nitrogen and oxygen atoms in total. The minimum atomic E-state index is -0.968. The Morgan fingerprint density at radius 2 is 1.68 bits per heavy atom. The van der Waals surface area contributed by atoms with E-state index >= 15 is 0 Å². The summed E-state index contributed by atoms with van der Waals surface area (Å²) in [5.74, 6) is -2.23. The number of aliphatic hydroxyl groups excluding tert-OH is 1. The number of fused-ring (bicyclic) bond motifs is 1. The normalized spacial score (nSPS) is 16.3. The molecule has 1 aliphatic heterocycles. The van der Waals surface area contributed by atoms with Crippen LogP contribution in [0.3, 0.4) is 0 Å². The standard InChI is InChI=1S/C24H16N2O5/c27-17-7-3-2-6-16(17)26-21(14-9-11-25-12-10-14)20(23(29)24(26)30)22(28)19-13-15-5-1-4-8-18(15)31-19/h1-13,21,27,29H. The summed E-state index contributed by atoms with van der Waals surface area (Å²) >= 11 is 0. The van der Waals surface area contributed by atoms with Crippen LogP contribution in [0.1, 0.15) is 22.2 Å². The van der Waals surface area contributed by atoms with E-state index < -0.39 is 23.5 Å². The number of hydrogen-bond donors (Lipinski definition) is 2. The Bertz CT molecular complexity index is 1320. The van der Waals surface area contributed by atoms with Gasteiger partial charge in [-0.05, 0) is 42.0 Å². The number of carbonyl (C=O) groups excluding carboxylic acids is 2. The molecule has 1 amide bonds. The maximum atomic E-state index is 13.4. The molecule has 3 heterocycles. The molecule has 2 N–H and O–H groups in total.